The molecule has 0 aliphatic heterocycles. The number of nitroso groups, excluding NO2 is 1. The lowest BCUT2D eigenvalue weighted by Crippen LogP contribution is -2.04. The first-order chi connectivity index (χ1) is 8.08. The standard InChI is InChI=1S/C13H17NO3/c1-9-6-11(8-14-16)7-10(2)12(9)4-5-13(15)17-3/h6-7H,4-5,8H2,1-3H3. The average molecular weight is 235 g/mol. The van der Waals surface area contributed by atoms with Crippen molar-refractivity contribution in [2.75, 3.05) is 7.11 Å². The number of carbonyl (C=O) groups excluding carboxylic acids is 1. The van der Waals surface area contributed by atoms with Crippen LogP contribution in [0.4, 0.5) is 0 Å². The van der Waals surface area contributed by atoms with Crippen molar-refractivity contribution in [3.63, 3.8) is 0 Å². The summed E-state index contributed by atoms with van der Waals surface area (Å²) in [5.41, 5.74) is 4.24. The van der Waals surface area contributed by atoms with Gasteiger partial charge in [0.05, 0.1) is 7.11 Å². The summed E-state index contributed by atoms with van der Waals surface area (Å²) in [4.78, 5) is 21.3. The Morgan fingerprint density at radius 2 is 1.88 bits per heavy atom. The zero-order valence-corrected chi connectivity index (χ0v) is 10.4. The van der Waals surface area contributed by atoms with E-state index in [4.69, 9.17) is 0 Å². The highest BCUT2D eigenvalue weighted by Crippen LogP contribution is 2.19. The molecular weight excluding hydrogens is 218 g/mol. The molecule has 0 aromatic heterocycles. The van der Waals surface area contributed by atoms with Gasteiger partial charge in [0.25, 0.3) is 0 Å². The molecule has 4 heteroatoms. The van der Waals surface area contributed by atoms with Gasteiger partial charge in [-0.15, -0.1) is 0 Å². The van der Waals surface area contributed by atoms with Gasteiger partial charge in [-0.3, -0.25) is 4.79 Å². The monoisotopic (exact) mass is 235 g/mol. The number of ether oxygens (including phenoxy) is 1. The highest BCUT2D eigenvalue weighted by atomic mass is 16.5. The third kappa shape index (κ3) is 3.66. The summed E-state index contributed by atoms with van der Waals surface area (Å²) in [7, 11) is 1.39. The Kier molecular flexibility index (Phi) is 4.82. The summed E-state index contributed by atoms with van der Waals surface area (Å²) in [5.74, 6) is -0.206. The second-order valence-electron chi connectivity index (χ2n) is 4.07. The van der Waals surface area contributed by atoms with E-state index in [2.05, 4.69) is 9.91 Å². The Morgan fingerprint density at radius 3 is 2.35 bits per heavy atom. The number of rotatable bonds is 5. The van der Waals surface area contributed by atoms with Gasteiger partial charge in [-0.05, 0) is 42.5 Å². The Morgan fingerprint density at radius 1 is 1.29 bits per heavy atom. The first kappa shape index (κ1) is 13.4. The third-order valence-electron chi connectivity index (χ3n) is 2.81. The molecular formula is C13H17NO3. The topological polar surface area (TPSA) is 55.7 Å². The SMILES string of the molecule is COC(=O)CCc1c(C)cc(CN=O)cc1C. The van der Waals surface area contributed by atoms with E-state index in [1.54, 1.807) is 0 Å². The second kappa shape index (κ2) is 6.13. The zero-order valence-electron chi connectivity index (χ0n) is 10.4. The van der Waals surface area contributed by atoms with Gasteiger partial charge in [0.2, 0.25) is 0 Å². The molecule has 0 fully saturated rings. The smallest absolute Gasteiger partial charge is 0.305 e. The number of nitrogens with zero attached hydrogens (tertiary/aromatic N) is 1. The van der Waals surface area contributed by atoms with Gasteiger partial charge in [0.1, 0.15) is 6.54 Å². The van der Waals surface area contributed by atoms with E-state index in [1.165, 1.54) is 7.11 Å². The molecule has 0 saturated carbocycles. The van der Waals surface area contributed by atoms with Gasteiger partial charge in [-0.25, -0.2) is 0 Å². The quantitative estimate of drug-likeness (QED) is 0.582. The van der Waals surface area contributed by atoms with E-state index in [0.29, 0.717) is 12.8 Å². The van der Waals surface area contributed by atoms with Crippen LogP contribution in [0.25, 0.3) is 0 Å². The van der Waals surface area contributed by atoms with Crippen molar-refractivity contribution in [3.05, 3.63) is 39.3 Å². The first-order valence-corrected chi connectivity index (χ1v) is 5.53. The van der Waals surface area contributed by atoms with E-state index < -0.39 is 0 Å². The lowest BCUT2D eigenvalue weighted by molar-refractivity contribution is -0.140. The van der Waals surface area contributed by atoms with Crippen LogP contribution < -0.4 is 0 Å². The molecule has 0 heterocycles. The minimum atomic E-state index is -0.206. The molecule has 1 aromatic rings. The number of carbonyl (C=O) groups is 1. The van der Waals surface area contributed by atoms with Crippen LogP contribution in [0.3, 0.4) is 0 Å². The summed E-state index contributed by atoms with van der Waals surface area (Å²) < 4.78 is 4.62. The Hall–Kier alpha value is -1.71. The molecule has 0 bridgehead atoms. The van der Waals surface area contributed by atoms with Gasteiger partial charge in [0.15, 0.2) is 0 Å². The van der Waals surface area contributed by atoms with Crippen molar-refractivity contribution in [2.24, 2.45) is 5.18 Å². The maximum atomic E-state index is 11.1. The minimum absolute atomic E-state index is 0.193. The Bertz CT molecular complexity index is 404. The summed E-state index contributed by atoms with van der Waals surface area (Å²) >= 11 is 0. The number of benzene rings is 1. The fraction of sp³-hybridized carbons (Fsp3) is 0.462. The highest BCUT2D eigenvalue weighted by Gasteiger charge is 2.08. The minimum Gasteiger partial charge on any atom is -0.469 e. The predicted molar refractivity (Wildman–Crippen MR) is 65.8 cm³/mol. The van der Waals surface area contributed by atoms with Gasteiger partial charge in [-0.1, -0.05) is 17.3 Å². The highest BCUT2D eigenvalue weighted by molar-refractivity contribution is 5.69. The second-order valence-corrected chi connectivity index (χ2v) is 4.07. The van der Waals surface area contributed by atoms with Crippen molar-refractivity contribution in [1.82, 2.24) is 0 Å². The molecule has 0 N–H and O–H groups in total. The molecule has 1 aromatic carbocycles. The van der Waals surface area contributed by atoms with Crippen LogP contribution in [0.15, 0.2) is 17.3 Å². The van der Waals surface area contributed by atoms with E-state index in [-0.39, 0.29) is 12.5 Å². The van der Waals surface area contributed by atoms with Gasteiger partial charge in [-0.2, -0.15) is 4.91 Å². The molecule has 0 amide bonds. The van der Waals surface area contributed by atoms with E-state index >= 15 is 0 Å². The van der Waals surface area contributed by atoms with Crippen molar-refractivity contribution < 1.29 is 9.53 Å². The maximum Gasteiger partial charge on any atom is 0.305 e. The van der Waals surface area contributed by atoms with Gasteiger partial charge >= 0.3 is 5.97 Å². The summed E-state index contributed by atoms with van der Waals surface area (Å²) in [6, 6.07) is 3.89. The Balaban J connectivity index is 2.85. The first-order valence-electron chi connectivity index (χ1n) is 5.53. The number of methoxy groups -OCH3 is 1. The van der Waals surface area contributed by atoms with Crippen LogP contribution in [0, 0.1) is 18.8 Å². The fourth-order valence-electron chi connectivity index (χ4n) is 1.97. The van der Waals surface area contributed by atoms with Gasteiger partial charge < -0.3 is 4.74 Å². The molecule has 17 heavy (non-hydrogen) atoms. The van der Waals surface area contributed by atoms with Crippen LogP contribution in [-0.4, -0.2) is 13.1 Å². The largest absolute Gasteiger partial charge is 0.469 e. The lowest BCUT2D eigenvalue weighted by atomic mass is 9.96. The number of hydrogen-bond acceptors (Lipinski definition) is 4. The van der Waals surface area contributed by atoms with Crippen LogP contribution >= 0.6 is 0 Å². The molecule has 0 aliphatic carbocycles. The molecule has 0 saturated heterocycles. The van der Waals surface area contributed by atoms with Crippen LogP contribution in [0.1, 0.15) is 28.7 Å². The van der Waals surface area contributed by atoms with Gasteiger partial charge in [0, 0.05) is 6.42 Å². The molecule has 1 rings (SSSR count). The summed E-state index contributed by atoms with van der Waals surface area (Å²) in [6.45, 7) is 4.15. The van der Waals surface area contributed by atoms with Crippen LogP contribution in [0.5, 0.6) is 0 Å². The average Bonchev–Trinajstić information content (AvgIpc) is 2.28. The van der Waals surface area contributed by atoms with Crippen molar-refractivity contribution in [2.45, 2.75) is 33.2 Å². The van der Waals surface area contributed by atoms with Crippen molar-refractivity contribution >= 4 is 5.97 Å². The normalized spacial score (nSPS) is 10.1. The molecule has 92 valence electrons. The van der Waals surface area contributed by atoms with Crippen LogP contribution in [0.2, 0.25) is 0 Å². The number of aryl methyl sites for hydroxylation is 2. The third-order valence-corrected chi connectivity index (χ3v) is 2.81. The zero-order chi connectivity index (χ0) is 12.8. The van der Waals surface area contributed by atoms with E-state index in [0.717, 1.165) is 22.3 Å². The van der Waals surface area contributed by atoms with E-state index in [9.17, 15) is 9.70 Å². The van der Waals surface area contributed by atoms with Crippen molar-refractivity contribution in [3.8, 4) is 0 Å². The molecule has 0 unspecified atom stereocenters. The number of hydrogen-bond donors (Lipinski definition) is 0. The molecule has 4 nitrogen and oxygen atoms in total. The van der Waals surface area contributed by atoms with E-state index in [1.807, 2.05) is 26.0 Å². The van der Waals surface area contributed by atoms with Crippen molar-refractivity contribution in [1.29, 1.82) is 0 Å². The molecule has 0 spiro atoms. The van der Waals surface area contributed by atoms with Crippen LogP contribution in [-0.2, 0) is 22.5 Å². The molecule has 0 aliphatic rings. The maximum absolute atomic E-state index is 11.1. The number of esters is 1. The molecule has 0 atom stereocenters. The summed E-state index contributed by atoms with van der Waals surface area (Å²) in [6.07, 6.45) is 1.04. The lowest BCUT2D eigenvalue weighted by Gasteiger charge is -2.11. The predicted octanol–water partition coefficient (Wildman–Crippen LogP) is 2.68. The Labute approximate surface area is 101 Å². The summed E-state index contributed by atoms with van der Waals surface area (Å²) in [5, 5.41) is 2.88. The molecule has 0 radical (unpaired) electrons. The fourth-order valence-corrected chi connectivity index (χ4v) is 1.97.